The fourth-order valence-electron chi connectivity index (χ4n) is 4.97. The van der Waals surface area contributed by atoms with Gasteiger partial charge < -0.3 is 15.0 Å². The third-order valence-corrected chi connectivity index (χ3v) is 6.52. The third-order valence-electron chi connectivity index (χ3n) is 6.52. The Labute approximate surface area is 150 Å². The Hall–Kier alpha value is -1.55. The molecule has 0 aromatic heterocycles. The van der Waals surface area contributed by atoms with Crippen molar-refractivity contribution in [3.8, 4) is 5.75 Å². The Bertz CT molecular complexity index is 607. The van der Waals surface area contributed by atoms with Crippen molar-refractivity contribution in [2.24, 2.45) is 11.3 Å². The highest BCUT2D eigenvalue weighted by Crippen LogP contribution is 2.45. The molecule has 0 bridgehead atoms. The number of fused-ring (bicyclic) bond motifs is 1. The van der Waals surface area contributed by atoms with Crippen LogP contribution in [0, 0.1) is 18.3 Å². The SMILES string of the molecule is Cc1ccc(OC2CCN(C(=O)[C@@]34CCCC[C@H]3CNC4)CC2)cc1. The molecule has 1 amide bonds. The maximum absolute atomic E-state index is 13.3. The second kappa shape index (κ2) is 6.99. The average Bonchev–Trinajstić information content (AvgIpc) is 3.09. The van der Waals surface area contributed by atoms with Gasteiger partial charge in [-0.3, -0.25) is 4.79 Å². The molecule has 4 nitrogen and oxygen atoms in total. The fourth-order valence-corrected chi connectivity index (χ4v) is 4.97. The van der Waals surface area contributed by atoms with Crippen LogP contribution in [0.1, 0.15) is 44.1 Å². The number of hydrogen-bond donors (Lipinski definition) is 1. The van der Waals surface area contributed by atoms with Crippen molar-refractivity contribution in [2.75, 3.05) is 26.2 Å². The molecule has 3 fully saturated rings. The molecule has 1 saturated carbocycles. The van der Waals surface area contributed by atoms with Crippen LogP contribution in [0.25, 0.3) is 0 Å². The third kappa shape index (κ3) is 3.29. The Balaban J connectivity index is 1.35. The first-order chi connectivity index (χ1) is 12.2. The molecule has 1 aromatic rings. The molecule has 0 radical (unpaired) electrons. The van der Waals surface area contributed by atoms with Gasteiger partial charge in [0, 0.05) is 32.5 Å². The second-order valence-electron chi connectivity index (χ2n) is 8.15. The topological polar surface area (TPSA) is 41.6 Å². The van der Waals surface area contributed by atoms with E-state index in [1.807, 2.05) is 12.1 Å². The summed E-state index contributed by atoms with van der Waals surface area (Å²) in [6, 6.07) is 8.26. The number of carbonyl (C=O) groups is 1. The summed E-state index contributed by atoms with van der Waals surface area (Å²) in [5, 5.41) is 3.50. The number of hydrogen-bond acceptors (Lipinski definition) is 3. The van der Waals surface area contributed by atoms with E-state index < -0.39 is 0 Å². The van der Waals surface area contributed by atoms with Crippen molar-refractivity contribution < 1.29 is 9.53 Å². The van der Waals surface area contributed by atoms with E-state index in [0.717, 1.165) is 51.2 Å². The summed E-state index contributed by atoms with van der Waals surface area (Å²) in [5.41, 5.74) is 1.14. The number of likely N-dealkylation sites (tertiary alicyclic amines) is 1. The Morgan fingerprint density at radius 2 is 1.92 bits per heavy atom. The molecule has 4 rings (SSSR count). The van der Waals surface area contributed by atoms with Crippen molar-refractivity contribution >= 4 is 5.91 Å². The first-order valence-corrected chi connectivity index (χ1v) is 9.91. The molecule has 25 heavy (non-hydrogen) atoms. The quantitative estimate of drug-likeness (QED) is 0.917. The standard InChI is InChI=1S/C21H30N2O2/c1-16-5-7-18(8-6-16)25-19-9-12-23(13-10-19)20(24)21-11-3-2-4-17(21)14-22-15-21/h5-8,17,19,22H,2-4,9-15H2,1H3/t17-,21+/m0/s1. The number of nitrogens with zero attached hydrogens (tertiary/aromatic N) is 1. The lowest BCUT2D eigenvalue weighted by Gasteiger charge is -2.42. The molecule has 0 unspecified atom stereocenters. The highest BCUT2D eigenvalue weighted by atomic mass is 16.5. The Kier molecular flexibility index (Phi) is 4.72. The van der Waals surface area contributed by atoms with Gasteiger partial charge >= 0.3 is 0 Å². The normalized spacial score (nSPS) is 30.1. The number of benzene rings is 1. The second-order valence-corrected chi connectivity index (χ2v) is 8.15. The minimum Gasteiger partial charge on any atom is -0.490 e. The van der Waals surface area contributed by atoms with E-state index in [0.29, 0.717) is 11.8 Å². The van der Waals surface area contributed by atoms with Gasteiger partial charge in [0.1, 0.15) is 11.9 Å². The Morgan fingerprint density at radius 1 is 1.16 bits per heavy atom. The molecular weight excluding hydrogens is 312 g/mol. The number of rotatable bonds is 3. The molecule has 1 aromatic carbocycles. The molecule has 3 aliphatic rings. The van der Waals surface area contributed by atoms with E-state index in [9.17, 15) is 4.79 Å². The van der Waals surface area contributed by atoms with E-state index >= 15 is 0 Å². The van der Waals surface area contributed by atoms with Crippen LogP contribution in [0.5, 0.6) is 5.75 Å². The summed E-state index contributed by atoms with van der Waals surface area (Å²) >= 11 is 0. The van der Waals surface area contributed by atoms with Crippen LogP contribution in [0.3, 0.4) is 0 Å². The maximum atomic E-state index is 13.3. The summed E-state index contributed by atoms with van der Waals surface area (Å²) in [7, 11) is 0. The first kappa shape index (κ1) is 16.9. The molecule has 0 spiro atoms. The highest BCUT2D eigenvalue weighted by Gasteiger charge is 2.51. The zero-order valence-electron chi connectivity index (χ0n) is 15.3. The van der Waals surface area contributed by atoms with Crippen molar-refractivity contribution in [2.45, 2.75) is 51.6 Å². The van der Waals surface area contributed by atoms with Crippen LogP contribution in [0.2, 0.25) is 0 Å². The van der Waals surface area contributed by atoms with Crippen molar-refractivity contribution in [1.82, 2.24) is 10.2 Å². The molecule has 1 aliphatic carbocycles. The fraction of sp³-hybridized carbons (Fsp3) is 0.667. The van der Waals surface area contributed by atoms with E-state index in [2.05, 4.69) is 29.3 Å². The summed E-state index contributed by atoms with van der Waals surface area (Å²) in [5.74, 6) is 1.91. The largest absolute Gasteiger partial charge is 0.490 e. The highest BCUT2D eigenvalue weighted by molar-refractivity contribution is 5.84. The summed E-state index contributed by atoms with van der Waals surface area (Å²) < 4.78 is 6.12. The molecule has 2 heterocycles. The van der Waals surface area contributed by atoms with Crippen LogP contribution in [0.15, 0.2) is 24.3 Å². The minimum absolute atomic E-state index is 0.108. The van der Waals surface area contributed by atoms with Crippen molar-refractivity contribution in [3.05, 3.63) is 29.8 Å². The van der Waals surface area contributed by atoms with Gasteiger partial charge in [-0.25, -0.2) is 0 Å². The van der Waals surface area contributed by atoms with Crippen LogP contribution >= 0.6 is 0 Å². The van der Waals surface area contributed by atoms with Gasteiger partial charge in [-0.1, -0.05) is 30.5 Å². The van der Waals surface area contributed by atoms with Gasteiger partial charge in [-0.15, -0.1) is 0 Å². The van der Waals surface area contributed by atoms with Gasteiger partial charge in [0.05, 0.1) is 5.41 Å². The molecular formula is C21H30N2O2. The predicted molar refractivity (Wildman–Crippen MR) is 98.7 cm³/mol. The summed E-state index contributed by atoms with van der Waals surface area (Å²) in [4.78, 5) is 15.4. The molecule has 2 aliphatic heterocycles. The van der Waals surface area contributed by atoms with Gasteiger partial charge in [-0.2, -0.15) is 0 Å². The zero-order chi connectivity index (χ0) is 17.3. The van der Waals surface area contributed by atoms with Gasteiger partial charge in [0.25, 0.3) is 0 Å². The van der Waals surface area contributed by atoms with Crippen LogP contribution < -0.4 is 10.1 Å². The number of nitrogens with one attached hydrogen (secondary N) is 1. The number of piperidine rings is 1. The predicted octanol–water partition coefficient (Wildman–Crippen LogP) is 3.14. The van der Waals surface area contributed by atoms with Crippen LogP contribution in [-0.4, -0.2) is 43.1 Å². The number of amides is 1. The monoisotopic (exact) mass is 342 g/mol. The molecule has 136 valence electrons. The van der Waals surface area contributed by atoms with Crippen molar-refractivity contribution in [3.63, 3.8) is 0 Å². The van der Waals surface area contributed by atoms with Gasteiger partial charge in [-0.05, 0) is 44.4 Å². The van der Waals surface area contributed by atoms with E-state index in [-0.39, 0.29) is 11.5 Å². The maximum Gasteiger partial charge on any atom is 0.230 e. The molecule has 4 heteroatoms. The Morgan fingerprint density at radius 3 is 2.68 bits per heavy atom. The van der Waals surface area contributed by atoms with Gasteiger partial charge in [0.2, 0.25) is 5.91 Å². The van der Waals surface area contributed by atoms with E-state index in [1.165, 1.54) is 24.8 Å². The first-order valence-electron chi connectivity index (χ1n) is 9.91. The number of carbonyl (C=O) groups excluding carboxylic acids is 1. The molecule has 1 N–H and O–H groups in total. The lowest BCUT2D eigenvalue weighted by Crippen LogP contribution is -2.52. The van der Waals surface area contributed by atoms with Crippen LogP contribution in [-0.2, 0) is 4.79 Å². The molecule has 2 saturated heterocycles. The van der Waals surface area contributed by atoms with Crippen LogP contribution in [0.4, 0.5) is 0 Å². The van der Waals surface area contributed by atoms with E-state index in [4.69, 9.17) is 4.74 Å². The van der Waals surface area contributed by atoms with E-state index in [1.54, 1.807) is 0 Å². The summed E-state index contributed by atoms with van der Waals surface area (Å²) in [6.45, 7) is 5.67. The minimum atomic E-state index is -0.108. The number of ether oxygens (including phenoxy) is 1. The number of aryl methyl sites for hydroxylation is 1. The average molecular weight is 342 g/mol. The smallest absolute Gasteiger partial charge is 0.230 e. The lowest BCUT2D eigenvalue weighted by atomic mass is 9.67. The van der Waals surface area contributed by atoms with Crippen molar-refractivity contribution in [1.29, 1.82) is 0 Å². The lowest BCUT2D eigenvalue weighted by molar-refractivity contribution is -0.147. The summed E-state index contributed by atoms with van der Waals surface area (Å²) in [6.07, 6.45) is 6.88. The molecule has 2 atom stereocenters. The van der Waals surface area contributed by atoms with Gasteiger partial charge in [0.15, 0.2) is 0 Å². The zero-order valence-corrected chi connectivity index (χ0v) is 15.3.